The number of piperidine rings is 1. The molecule has 0 spiro atoms. The number of pyridine rings is 1. The maximum absolute atomic E-state index is 12.9. The molecule has 5 nitrogen and oxygen atoms in total. The van der Waals surface area contributed by atoms with Crippen LogP contribution in [0.15, 0.2) is 24.5 Å². The van der Waals surface area contributed by atoms with Crippen molar-refractivity contribution in [3.63, 3.8) is 0 Å². The summed E-state index contributed by atoms with van der Waals surface area (Å²) in [5.74, 6) is 0.290. The van der Waals surface area contributed by atoms with Crippen molar-refractivity contribution in [2.24, 2.45) is 5.41 Å². The first-order valence-corrected chi connectivity index (χ1v) is 8.70. The molecule has 0 aliphatic carbocycles. The Balaban J connectivity index is 1.53. The third-order valence-electron chi connectivity index (χ3n) is 5.21. The van der Waals surface area contributed by atoms with Crippen molar-refractivity contribution in [3.8, 4) is 0 Å². The van der Waals surface area contributed by atoms with E-state index in [1.54, 1.807) is 0 Å². The Hall–Kier alpha value is -1.46. The van der Waals surface area contributed by atoms with Crippen molar-refractivity contribution < 1.29 is 4.79 Å². The first-order chi connectivity index (χ1) is 11.1. The first-order valence-electron chi connectivity index (χ1n) is 8.70. The van der Waals surface area contributed by atoms with Gasteiger partial charge in [0.2, 0.25) is 5.91 Å². The molecule has 0 aromatic carbocycles. The molecule has 1 unspecified atom stereocenters. The fourth-order valence-corrected chi connectivity index (χ4v) is 3.69. The summed E-state index contributed by atoms with van der Waals surface area (Å²) in [5.41, 5.74) is 1.35. The van der Waals surface area contributed by atoms with E-state index in [0.717, 1.165) is 52.1 Å². The molecular weight excluding hydrogens is 288 g/mol. The smallest absolute Gasteiger partial charge is 0.240 e. The second kappa shape index (κ2) is 6.97. The number of piperazine rings is 1. The van der Waals surface area contributed by atoms with Gasteiger partial charge in [-0.15, -0.1) is 0 Å². The highest BCUT2D eigenvalue weighted by Crippen LogP contribution is 2.31. The van der Waals surface area contributed by atoms with Gasteiger partial charge in [0.25, 0.3) is 0 Å². The number of hydrogen-bond donors (Lipinski definition) is 1. The summed E-state index contributed by atoms with van der Waals surface area (Å²) < 4.78 is 0. The highest BCUT2D eigenvalue weighted by Gasteiger charge is 2.39. The van der Waals surface area contributed by atoms with E-state index in [-0.39, 0.29) is 11.5 Å². The summed E-state index contributed by atoms with van der Waals surface area (Å²) >= 11 is 0. The van der Waals surface area contributed by atoms with Crippen molar-refractivity contribution >= 4 is 5.91 Å². The number of rotatable bonds is 3. The summed E-state index contributed by atoms with van der Waals surface area (Å²) in [7, 11) is 0. The third kappa shape index (κ3) is 3.90. The van der Waals surface area contributed by atoms with E-state index in [9.17, 15) is 4.79 Å². The number of hydrogen-bond acceptors (Lipinski definition) is 4. The van der Waals surface area contributed by atoms with Crippen LogP contribution in [0.2, 0.25) is 0 Å². The lowest BCUT2D eigenvalue weighted by Crippen LogP contribution is -2.59. The zero-order chi connectivity index (χ0) is 16.3. The molecule has 0 radical (unpaired) electrons. The molecule has 2 aliphatic heterocycles. The van der Waals surface area contributed by atoms with E-state index in [0.29, 0.717) is 5.91 Å². The van der Waals surface area contributed by atoms with Crippen LogP contribution in [0.4, 0.5) is 0 Å². The number of aromatic nitrogens is 1. The number of nitrogens with zero attached hydrogens (tertiary/aromatic N) is 3. The zero-order valence-electron chi connectivity index (χ0n) is 14.3. The van der Waals surface area contributed by atoms with Crippen molar-refractivity contribution in [1.29, 1.82) is 0 Å². The predicted octanol–water partition coefficient (Wildman–Crippen LogP) is 1.50. The molecule has 5 heteroatoms. The van der Waals surface area contributed by atoms with Crippen LogP contribution >= 0.6 is 0 Å². The Morgan fingerprint density at radius 3 is 2.61 bits per heavy atom. The first kappa shape index (κ1) is 16.4. The second-order valence-electron chi connectivity index (χ2n) is 7.44. The van der Waals surface area contributed by atoms with E-state index in [4.69, 9.17) is 0 Å². The van der Waals surface area contributed by atoms with E-state index in [1.807, 2.05) is 17.3 Å². The normalized spacial score (nSPS) is 25.3. The minimum Gasteiger partial charge on any atom is -0.339 e. The van der Waals surface area contributed by atoms with Gasteiger partial charge in [0, 0.05) is 45.1 Å². The van der Waals surface area contributed by atoms with Gasteiger partial charge in [-0.3, -0.25) is 14.7 Å². The number of amides is 1. The molecule has 2 saturated heterocycles. The van der Waals surface area contributed by atoms with E-state index in [1.165, 1.54) is 5.56 Å². The van der Waals surface area contributed by atoms with Gasteiger partial charge in [-0.1, -0.05) is 13.8 Å². The minimum atomic E-state index is -0.0250. The molecule has 3 heterocycles. The molecule has 1 amide bonds. The molecule has 2 aliphatic rings. The molecule has 3 rings (SSSR count). The fourth-order valence-electron chi connectivity index (χ4n) is 3.69. The zero-order valence-corrected chi connectivity index (χ0v) is 14.3. The van der Waals surface area contributed by atoms with Crippen molar-refractivity contribution in [2.75, 3.05) is 32.7 Å². The fraction of sp³-hybridized carbons (Fsp3) is 0.667. The van der Waals surface area contributed by atoms with Gasteiger partial charge in [0.1, 0.15) is 0 Å². The molecule has 0 saturated carbocycles. The maximum atomic E-state index is 12.9. The van der Waals surface area contributed by atoms with Crippen LogP contribution in [0.25, 0.3) is 0 Å². The number of carbonyl (C=O) groups excluding carboxylic acids is 1. The molecule has 1 atom stereocenters. The highest BCUT2D eigenvalue weighted by molar-refractivity contribution is 5.83. The largest absolute Gasteiger partial charge is 0.339 e. The molecule has 1 aromatic heterocycles. The molecule has 126 valence electrons. The van der Waals surface area contributed by atoms with Crippen LogP contribution < -0.4 is 5.32 Å². The lowest BCUT2D eigenvalue weighted by Gasteiger charge is -2.43. The highest BCUT2D eigenvalue weighted by atomic mass is 16.2. The van der Waals surface area contributed by atoms with E-state index in [2.05, 4.69) is 41.2 Å². The van der Waals surface area contributed by atoms with Crippen molar-refractivity contribution in [2.45, 2.75) is 39.3 Å². The quantitative estimate of drug-likeness (QED) is 0.918. The number of carbonyl (C=O) groups is 1. The van der Waals surface area contributed by atoms with Crippen molar-refractivity contribution in [1.82, 2.24) is 20.1 Å². The average molecular weight is 316 g/mol. The summed E-state index contributed by atoms with van der Waals surface area (Å²) in [5, 5.41) is 3.45. The molecule has 2 fully saturated rings. The van der Waals surface area contributed by atoms with Gasteiger partial charge in [-0.2, -0.15) is 0 Å². The third-order valence-corrected chi connectivity index (χ3v) is 5.21. The summed E-state index contributed by atoms with van der Waals surface area (Å²) in [4.78, 5) is 21.4. The van der Waals surface area contributed by atoms with Crippen LogP contribution in [0.1, 0.15) is 32.3 Å². The molecule has 1 aromatic rings. The van der Waals surface area contributed by atoms with Gasteiger partial charge in [0.05, 0.1) is 6.04 Å². The minimum absolute atomic E-state index is 0.0250. The van der Waals surface area contributed by atoms with E-state index < -0.39 is 0 Å². The summed E-state index contributed by atoms with van der Waals surface area (Å²) in [6.07, 6.45) is 5.97. The monoisotopic (exact) mass is 316 g/mol. The maximum Gasteiger partial charge on any atom is 0.240 e. The average Bonchev–Trinajstić information content (AvgIpc) is 2.55. The Morgan fingerprint density at radius 2 is 1.96 bits per heavy atom. The van der Waals surface area contributed by atoms with Crippen molar-refractivity contribution in [3.05, 3.63) is 30.1 Å². The molecule has 1 N–H and O–H groups in total. The van der Waals surface area contributed by atoms with Gasteiger partial charge >= 0.3 is 0 Å². The second-order valence-corrected chi connectivity index (χ2v) is 7.44. The summed E-state index contributed by atoms with van der Waals surface area (Å²) in [6.45, 7) is 9.88. The Kier molecular flexibility index (Phi) is 4.97. The van der Waals surface area contributed by atoms with Crippen LogP contribution in [0.3, 0.4) is 0 Å². The van der Waals surface area contributed by atoms with Gasteiger partial charge in [-0.25, -0.2) is 0 Å². The lowest BCUT2D eigenvalue weighted by atomic mass is 9.77. The summed E-state index contributed by atoms with van der Waals surface area (Å²) in [6, 6.07) is 4.10. The Bertz CT molecular complexity index is 523. The molecule has 0 bridgehead atoms. The van der Waals surface area contributed by atoms with Gasteiger partial charge < -0.3 is 10.2 Å². The predicted molar refractivity (Wildman–Crippen MR) is 90.9 cm³/mol. The molecule has 23 heavy (non-hydrogen) atoms. The molecular formula is C18H28N4O. The Morgan fingerprint density at radius 1 is 1.26 bits per heavy atom. The number of nitrogens with one attached hydrogen (secondary N) is 1. The topological polar surface area (TPSA) is 48.5 Å². The Labute approximate surface area is 139 Å². The van der Waals surface area contributed by atoms with E-state index >= 15 is 0 Å². The van der Waals surface area contributed by atoms with Gasteiger partial charge in [-0.05, 0) is 42.5 Å². The van der Waals surface area contributed by atoms with Crippen LogP contribution in [0, 0.1) is 5.41 Å². The van der Waals surface area contributed by atoms with Gasteiger partial charge in [0.15, 0.2) is 0 Å². The van der Waals surface area contributed by atoms with Crippen LogP contribution in [-0.4, -0.2) is 59.5 Å². The standard InChI is InChI=1S/C18H28N4O/c1-18(2)6-3-7-20-16(18)17(23)22-12-10-21(11-13-22)14-15-4-8-19-9-5-15/h4-5,8-9,16,20H,3,6-7,10-14H2,1-2H3. The lowest BCUT2D eigenvalue weighted by molar-refractivity contribution is -0.139. The van der Waals surface area contributed by atoms with Crippen LogP contribution in [-0.2, 0) is 11.3 Å². The SMILES string of the molecule is CC1(C)CCCNC1C(=O)N1CCN(Cc2ccncc2)CC1. The van der Waals surface area contributed by atoms with Crippen LogP contribution in [0.5, 0.6) is 0 Å².